The van der Waals surface area contributed by atoms with Gasteiger partial charge in [0.05, 0.1) is 17.7 Å². The van der Waals surface area contributed by atoms with Crippen molar-refractivity contribution in [2.45, 2.75) is 32.6 Å². The molecule has 2 atom stereocenters. The summed E-state index contributed by atoms with van der Waals surface area (Å²) in [5.74, 6) is 0.324. The molecule has 2 heterocycles. The van der Waals surface area contributed by atoms with E-state index in [-0.39, 0.29) is 23.9 Å². The van der Waals surface area contributed by atoms with Gasteiger partial charge >= 0.3 is 0 Å². The van der Waals surface area contributed by atoms with Crippen molar-refractivity contribution in [2.24, 2.45) is 0 Å². The predicted molar refractivity (Wildman–Crippen MR) is 119 cm³/mol. The molecule has 0 aliphatic carbocycles. The summed E-state index contributed by atoms with van der Waals surface area (Å²) in [5.41, 5.74) is 2.20. The van der Waals surface area contributed by atoms with Crippen LogP contribution in [0.5, 0.6) is 5.75 Å². The summed E-state index contributed by atoms with van der Waals surface area (Å²) in [6.45, 7) is 9.46. The van der Waals surface area contributed by atoms with Crippen molar-refractivity contribution in [3.8, 4) is 5.75 Å². The molecule has 0 unspecified atom stereocenters. The molecule has 3 aromatic rings. The number of carbonyl (C=O) groups excluding carboxylic acids is 1. The summed E-state index contributed by atoms with van der Waals surface area (Å²) in [6.07, 6.45) is 1.63. The van der Waals surface area contributed by atoms with Crippen LogP contribution in [0.2, 0.25) is 0 Å². The smallest absolute Gasteiger partial charge is 0.270 e. The van der Waals surface area contributed by atoms with Gasteiger partial charge in [0.15, 0.2) is 0 Å². The Bertz CT molecular complexity index is 1100. The van der Waals surface area contributed by atoms with Crippen LogP contribution in [0.3, 0.4) is 0 Å². The van der Waals surface area contributed by atoms with Gasteiger partial charge in [-0.25, -0.2) is 4.39 Å². The lowest BCUT2D eigenvalue weighted by Crippen LogP contribution is -2.48. The molecule has 1 aromatic heterocycles. The molecule has 1 saturated heterocycles. The van der Waals surface area contributed by atoms with E-state index >= 15 is 0 Å². The zero-order valence-electron chi connectivity index (χ0n) is 17.9. The number of amides is 1. The lowest BCUT2D eigenvalue weighted by molar-refractivity contribution is -0.0588. The van der Waals surface area contributed by atoms with Gasteiger partial charge in [-0.2, -0.15) is 0 Å². The van der Waals surface area contributed by atoms with Crippen molar-refractivity contribution >= 4 is 16.8 Å². The Kier molecular flexibility index (Phi) is 6.09. The number of fused-ring (bicyclic) bond motifs is 1. The minimum atomic E-state index is -0.298. The van der Waals surface area contributed by atoms with Crippen LogP contribution >= 0.6 is 0 Å². The molecular formula is C25H27FN2O3. The molecular weight excluding hydrogens is 395 g/mol. The lowest BCUT2D eigenvalue weighted by Gasteiger charge is -2.35. The van der Waals surface area contributed by atoms with Gasteiger partial charge in [-0.1, -0.05) is 30.9 Å². The van der Waals surface area contributed by atoms with Crippen LogP contribution in [-0.2, 0) is 11.3 Å². The van der Waals surface area contributed by atoms with Gasteiger partial charge in [0.2, 0.25) is 0 Å². The van der Waals surface area contributed by atoms with Crippen molar-refractivity contribution in [3.05, 3.63) is 78.3 Å². The quantitative estimate of drug-likeness (QED) is 0.544. The Labute approximate surface area is 181 Å². The minimum absolute atomic E-state index is 0.0276. The number of ether oxygens (including phenoxy) is 2. The van der Waals surface area contributed by atoms with E-state index in [1.807, 2.05) is 53.6 Å². The lowest BCUT2D eigenvalue weighted by atomic mass is 10.2. The largest absolute Gasteiger partial charge is 0.489 e. The van der Waals surface area contributed by atoms with Gasteiger partial charge in [-0.15, -0.1) is 0 Å². The zero-order valence-corrected chi connectivity index (χ0v) is 17.9. The number of benzene rings is 2. The highest BCUT2D eigenvalue weighted by atomic mass is 19.1. The molecule has 0 spiro atoms. The van der Waals surface area contributed by atoms with Crippen molar-refractivity contribution in [3.63, 3.8) is 0 Å². The maximum atomic E-state index is 13.8. The molecule has 4 rings (SSSR count). The van der Waals surface area contributed by atoms with Gasteiger partial charge in [-0.05, 0) is 49.7 Å². The number of halogens is 1. The normalized spacial score (nSPS) is 18.9. The fourth-order valence-corrected chi connectivity index (χ4v) is 4.20. The molecule has 0 saturated carbocycles. The maximum absolute atomic E-state index is 13.8. The van der Waals surface area contributed by atoms with E-state index in [1.165, 1.54) is 12.1 Å². The summed E-state index contributed by atoms with van der Waals surface area (Å²) in [5, 5.41) is 0.846. The van der Waals surface area contributed by atoms with Crippen LogP contribution in [0.25, 0.3) is 10.9 Å². The molecule has 5 nitrogen and oxygen atoms in total. The number of hydrogen-bond donors (Lipinski definition) is 0. The topological polar surface area (TPSA) is 43.7 Å². The van der Waals surface area contributed by atoms with E-state index in [0.29, 0.717) is 37.7 Å². The first-order valence-corrected chi connectivity index (χ1v) is 10.5. The van der Waals surface area contributed by atoms with Gasteiger partial charge < -0.3 is 18.9 Å². The molecule has 1 aliphatic heterocycles. The fraction of sp³-hybridized carbons (Fsp3) is 0.320. The number of rotatable bonds is 6. The first-order valence-electron chi connectivity index (χ1n) is 10.5. The second-order valence-electron chi connectivity index (χ2n) is 8.00. The number of morpholine rings is 1. The zero-order chi connectivity index (χ0) is 22.0. The molecule has 0 radical (unpaired) electrons. The summed E-state index contributed by atoms with van der Waals surface area (Å²) < 4.78 is 27.4. The third-order valence-corrected chi connectivity index (χ3v) is 5.42. The van der Waals surface area contributed by atoms with Crippen LogP contribution in [-0.4, -0.2) is 47.3 Å². The van der Waals surface area contributed by atoms with Crippen molar-refractivity contribution in [2.75, 3.05) is 19.7 Å². The van der Waals surface area contributed by atoms with Crippen molar-refractivity contribution in [1.29, 1.82) is 0 Å². The van der Waals surface area contributed by atoms with Crippen LogP contribution in [0, 0.1) is 5.82 Å². The number of nitrogens with zero attached hydrogens (tertiary/aromatic N) is 2. The predicted octanol–water partition coefficient (Wildman–Crippen LogP) is 4.64. The van der Waals surface area contributed by atoms with Crippen LogP contribution in [0.1, 0.15) is 29.9 Å². The van der Waals surface area contributed by atoms with Gasteiger partial charge in [0.1, 0.15) is 23.9 Å². The van der Waals surface area contributed by atoms with E-state index in [1.54, 1.807) is 12.1 Å². The molecule has 1 aliphatic rings. The second-order valence-corrected chi connectivity index (χ2v) is 8.00. The van der Waals surface area contributed by atoms with E-state index in [2.05, 4.69) is 6.58 Å². The third kappa shape index (κ3) is 4.49. The van der Waals surface area contributed by atoms with E-state index in [0.717, 1.165) is 16.5 Å². The van der Waals surface area contributed by atoms with Crippen LogP contribution in [0.15, 0.2) is 61.2 Å². The Morgan fingerprint density at radius 2 is 1.94 bits per heavy atom. The average Bonchev–Trinajstić information content (AvgIpc) is 3.10. The SMILES string of the molecule is C=CCOc1cccc2c1cc(C(=O)N1C[C@@H](C)O[C@@H](C)C1)n2Cc1cccc(F)c1. The second kappa shape index (κ2) is 8.94. The molecule has 1 fully saturated rings. The van der Waals surface area contributed by atoms with Gasteiger partial charge in [0.25, 0.3) is 5.91 Å². The number of hydrogen-bond acceptors (Lipinski definition) is 3. The molecule has 162 valence electrons. The molecule has 31 heavy (non-hydrogen) atoms. The Morgan fingerprint density at radius 1 is 1.19 bits per heavy atom. The molecule has 2 aromatic carbocycles. The highest BCUT2D eigenvalue weighted by Crippen LogP contribution is 2.31. The molecule has 0 bridgehead atoms. The Morgan fingerprint density at radius 3 is 2.65 bits per heavy atom. The highest BCUT2D eigenvalue weighted by Gasteiger charge is 2.29. The maximum Gasteiger partial charge on any atom is 0.270 e. The number of carbonyl (C=O) groups is 1. The highest BCUT2D eigenvalue weighted by molar-refractivity contribution is 6.00. The summed E-state index contributed by atoms with van der Waals surface area (Å²) in [4.78, 5) is 15.4. The van der Waals surface area contributed by atoms with Crippen molar-refractivity contribution < 1.29 is 18.7 Å². The van der Waals surface area contributed by atoms with E-state index in [4.69, 9.17) is 9.47 Å². The standard InChI is InChI=1S/C25H27FN2O3/c1-4-11-30-24-10-6-9-22-21(24)13-23(25(29)27-14-17(2)31-18(3)15-27)28(22)16-19-7-5-8-20(26)12-19/h4-10,12-13,17-18H,1,11,14-16H2,2-3H3/t17-,18+. The fourth-order valence-electron chi connectivity index (χ4n) is 4.20. The molecule has 6 heteroatoms. The first kappa shape index (κ1) is 21.1. The monoisotopic (exact) mass is 422 g/mol. The van der Waals surface area contributed by atoms with Crippen LogP contribution in [0.4, 0.5) is 4.39 Å². The van der Waals surface area contributed by atoms with Crippen LogP contribution < -0.4 is 4.74 Å². The first-order chi connectivity index (χ1) is 15.0. The van der Waals surface area contributed by atoms with Gasteiger partial charge in [0, 0.05) is 25.0 Å². The van der Waals surface area contributed by atoms with Crippen molar-refractivity contribution in [1.82, 2.24) is 9.47 Å². The Hall–Kier alpha value is -3.12. The third-order valence-electron chi connectivity index (χ3n) is 5.42. The molecule has 1 amide bonds. The Balaban J connectivity index is 1.80. The summed E-state index contributed by atoms with van der Waals surface area (Å²) in [7, 11) is 0. The van der Waals surface area contributed by atoms with E-state index < -0.39 is 0 Å². The molecule has 0 N–H and O–H groups in total. The minimum Gasteiger partial charge on any atom is -0.489 e. The summed E-state index contributed by atoms with van der Waals surface area (Å²) >= 11 is 0. The van der Waals surface area contributed by atoms with E-state index in [9.17, 15) is 9.18 Å². The van der Waals surface area contributed by atoms with Gasteiger partial charge in [-0.3, -0.25) is 4.79 Å². The summed E-state index contributed by atoms with van der Waals surface area (Å²) in [6, 6.07) is 14.1. The average molecular weight is 423 g/mol. The number of aromatic nitrogens is 1.